The Morgan fingerprint density at radius 1 is 0.933 bits per heavy atom. The fourth-order valence-electron chi connectivity index (χ4n) is 3.35. The normalized spacial score (nSPS) is 15.2. The number of aromatic nitrogens is 2. The maximum Gasteiger partial charge on any atom is 0.243 e. The molecule has 0 aliphatic carbocycles. The van der Waals surface area contributed by atoms with E-state index in [-0.39, 0.29) is 0 Å². The third-order valence-corrected chi connectivity index (χ3v) is 7.68. The molecule has 2 heterocycles. The second kappa shape index (κ2) is 8.86. The summed E-state index contributed by atoms with van der Waals surface area (Å²) in [7, 11) is -1.85. The molecule has 7 nitrogen and oxygen atoms in total. The van der Waals surface area contributed by atoms with Crippen LogP contribution in [0.15, 0.2) is 65.8 Å². The van der Waals surface area contributed by atoms with Crippen molar-refractivity contribution < 1.29 is 13.2 Å². The van der Waals surface area contributed by atoms with Crippen LogP contribution in [0.2, 0.25) is 0 Å². The van der Waals surface area contributed by atoms with Gasteiger partial charge in [0.1, 0.15) is 17.9 Å². The number of methoxy groups -OCH3 is 1. The zero-order valence-electron chi connectivity index (χ0n) is 16.4. The Bertz CT molecular complexity index is 1110. The molecule has 0 unspecified atom stereocenters. The van der Waals surface area contributed by atoms with Gasteiger partial charge in [-0.05, 0) is 71.1 Å². The molecule has 1 aromatic heterocycles. The van der Waals surface area contributed by atoms with Crippen molar-refractivity contribution in [3.63, 3.8) is 0 Å². The van der Waals surface area contributed by atoms with E-state index in [1.807, 2.05) is 42.5 Å². The average Bonchev–Trinajstić information content (AvgIpc) is 2.79. The van der Waals surface area contributed by atoms with E-state index in [9.17, 15) is 8.42 Å². The third kappa shape index (κ3) is 4.42. The second-order valence-corrected chi connectivity index (χ2v) is 10.0. The third-order valence-electron chi connectivity index (χ3n) is 5.05. The highest BCUT2D eigenvalue weighted by Crippen LogP contribution is 2.25. The van der Waals surface area contributed by atoms with Crippen LogP contribution in [-0.4, -0.2) is 56.0 Å². The van der Waals surface area contributed by atoms with E-state index < -0.39 is 10.0 Å². The molecule has 0 bridgehead atoms. The molecule has 1 fully saturated rings. The smallest absolute Gasteiger partial charge is 0.243 e. The lowest BCUT2D eigenvalue weighted by Crippen LogP contribution is -2.48. The van der Waals surface area contributed by atoms with Crippen LogP contribution in [0.3, 0.4) is 0 Å². The van der Waals surface area contributed by atoms with Gasteiger partial charge in [-0.15, -0.1) is 0 Å². The van der Waals surface area contributed by atoms with E-state index in [1.165, 1.54) is 4.31 Å². The summed E-state index contributed by atoms with van der Waals surface area (Å²) in [5, 5.41) is 0. The molecule has 0 saturated carbocycles. The van der Waals surface area contributed by atoms with Crippen molar-refractivity contribution in [1.82, 2.24) is 14.3 Å². The first kappa shape index (κ1) is 21.0. The predicted octanol–water partition coefficient (Wildman–Crippen LogP) is 3.27. The van der Waals surface area contributed by atoms with Crippen LogP contribution in [0.25, 0.3) is 11.3 Å². The lowest BCUT2D eigenvalue weighted by atomic mass is 10.1. The summed E-state index contributed by atoms with van der Waals surface area (Å²) in [5.41, 5.74) is 1.79. The van der Waals surface area contributed by atoms with Crippen molar-refractivity contribution in [2.45, 2.75) is 4.90 Å². The average molecular weight is 536 g/mol. The first-order valence-corrected chi connectivity index (χ1v) is 12.0. The molecule has 1 aliphatic rings. The molecule has 156 valence electrons. The van der Waals surface area contributed by atoms with Crippen molar-refractivity contribution in [3.05, 3.63) is 64.5 Å². The SMILES string of the molecule is COc1ccc(-c2cc(N3CCN(S(=O)(=O)c4ccc(I)cc4)CC3)ncn2)cc1. The van der Waals surface area contributed by atoms with E-state index in [2.05, 4.69) is 37.5 Å². The van der Waals surface area contributed by atoms with Gasteiger partial charge in [-0.1, -0.05) is 0 Å². The number of rotatable bonds is 5. The van der Waals surface area contributed by atoms with Crippen LogP contribution in [0.4, 0.5) is 5.82 Å². The Morgan fingerprint density at radius 3 is 2.23 bits per heavy atom. The van der Waals surface area contributed by atoms with Gasteiger partial charge in [0, 0.05) is 41.4 Å². The molecule has 0 radical (unpaired) electrons. The van der Waals surface area contributed by atoms with Crippen LogP contribution in [0.1, 0.15) is 0 Å². The molecule has 1 saturated heterocycles. The molecule has 30 heavy (non-hydrogen) atoms. The molecule has 3 aromatic rings. The number of halogens is 1. The number of ether oxygens (including phenoxy) is 1. The number of anilines is 1. The predicted molar refractivity (Wildman–Crippen MR) is 124 cm³/mol. The van der Waals surface area contributed by atoms with Crippen LogP contribution in [0, 0.1) is 3.57 Å². The fraction of sp³-hybridized carbons (Fsp3) is 0.238. The van der Waals surface area contributed by atoms with E-state index in [0.717, 1.165) is 26.4 Å². The Balaban J connectivity index is 1.47. The van der Waals surface area contributed by atoms with Crippen LogP contribution < -0.4 is 9.64 Å². The summed E-state index contributed by atoms with van der Waals surface area (Å²) in [6, 6.07) is 16.6. The van der Waals surface area contributed by atoms with E-state index in [0.29, 0.717) is 31.1 Å². The number of nitrogens with zero attached hydrogens (tertiary/aromatic N) is 4. The zero-order valence-corrected chi connectivity index (χ0v) is 19.4. The molecule has 1 aliphatic heterocycles. The largest absolute Gasteiger partial charge is 0.497 e. The van der Waals surface area contributed by atoms with Crippen molar-refractivity contribution in [3.8, 4) is 17.0 Å². The second-order valence-electron chi connectivity index (χ2n) is 6.84. The highest BCUT2D eigenvalue weighted by Gasteiger charge is 2.29. The Labute approximate surface area is 189 Å². The highest BCUT2D eigenvalue weighted by molar-refractivity contribution is 14.1. The Hall–Kier alpha value is -2.24. The number of sulfonamides is 1. The summed E-state index contributed by atoms with van der Waals surface area (Å²) in [5.74, 6) is 1.58. The summed E-state index contributed by atoms with van der Waals surface area (Å²) in [4.78, 5) is 11.2. The summed E-state index contributed by atoms with van der Waals surface area (Å²) in [6.07, 6.45) is 1.55. The molecular weight excluding hydrogens is 515 g/mol. The standard InChI is InChI=1S/C21H21IN4O3S/c1-29-18-6-2-16(3-7-18)20-14-21(24-15-23-20)25-10-12-26(13-11-25)30(27,28)19-8-4-17(22)5-9-19/h2-9,14-15H,10-13H2,1H3. The maximum atomic E-state index is 12.9. The maximum absolute atomic E-state index is 12.9. The van der Waals surface area contributed by atoms with Gasteiger partial charge in [-0.3, -0.25) is 0 Å². The Kier molecular flexibility index (Phi) is 6.21. The van der Waals surface area contributed by atoms with Crippen LogP contribution >= 0.6 is 22.6 Å². The van der Waals surface area contributed by atoms with Gasteiger partial charge in [0.25, 0.3) is 0 Å². The molecular formula is C21H21IN4O3S. The van der Waals surface area contributed by atoms with E-state index >= 15 is 0 Å². The van der Waals surface area contributed by atoms with E-state index in [4.69, 9.17) is 4.74 Å². The van der Waals surface area contributed by atoms with Crippen molar-refractivity contribution in [1.29, 1.82) is 0 Å². The monoisotopic (exact) mass is 536 g/mol. The number of hydrogen-bond acceptors (Lipinski definition) is 6. The number of hydrogen-bond donors (Lipinski definition) is 0. The van der Waals surface area contributed by atoms with Crippen LogP contribution in [0.5, 0.6) is 5.75 Å². The quantitative estimate of drug-likeness (QED) is 0.467. The van der Waals surface area contributed by atoms with Crippen LogP contribution in [-0.2, 0) is 10.0 Å². The molecule has 0 spiro atoms. The topological polar surface area (TPSA) is 75.6 Å². The molecule has 0 atom stereocenters. The summed E-state index contributed by atoms with van der Waals surface area (Å²) in [6.45, 7) is 1.97. The van der Waals surface area contributed by atoms with E-state index in [1.54, 1.807) is 25.6 Å². The number of benzene rings is 2. The molecule has 4 rings (SSSR count). The molecule has 0 N–H and O–H groups in total. The minimum absolute atomic E-state index is 0.334. The van der Waals surface area contributed by atoms with Gasteiger partial charge in [-0.25, -0.2) is 18.4 Å². The number of piperazine rings is 1. The first-order valence-electron chi connectivity index (χ1n) is 9.44. The first-order chi connectivity index (χ1) is 14.5. The molecule has 0 amide bonds. The highest BCUT2D eigenvalue weighted by atomic mass is 127. The summed E-state index contributed by atoms with van der Waals surface area (Å²) >= 11 is 2.17. The van der Waals surface area contributed by atoms with Crippen molar-refractivity contribution in [2.24, 2.45) is 0 Å². The summed E-state index contributed by atoms with van der Waals surface area (Å²) < 4.78 is 33.6. The minimum atomic E-state index is -3.48. The van der Waals surface area contributed by atoms with Gasteiger partial charge in [0.05, 0.1) is 17.7 Å². The molecule has 2 aromatic carbocycles. The van der Waals surface area contributed by atoms with Gasteiger partial charge in [-0.2, -0.15) is 4.31 Å². The lowest BCUT2D eigenvalue weighted by molar-refractivity contribution is 0.384. The molecule has 9 heteroatoms. The van der Waals surface area contributed by atoms with Gasteiger partial charge in [0.2, 0.25) is 10.0 Å². The van der Waals surface area contributed by atoms with Gasteiger partial charge in [0.15, 0.2) is 0 Å². The fourth-order valence-corrected chi connectivity index (χ4v) is 5.13. The zero-order chi connectivity index (χ0) is 21.1. The van der Waals surface area contributed by atoms with Gasteiger partial charge < -0.3 is 9.64 Å². The lowest BCUT2D eigenvalue weighted by Gasteiger charge is -2.34. The van der Waals surface area contributed by atoms with Gasteiger partial charge >= 0.3 is 0 Å². The minimum Gasteiger partial charge on any atom is -0.497 e. The Morgan fingerprint density at radius 2 is 1.60 bits per heavy atom. The van der Waals surface area contributed by atoms with Crippen molar-refractivity contribution >= 4 is 38.4 Å². The van der Waals surface area contributed by atoms with Crippen molar-refractivity contribution in [2.75, 3.05) is 38.2 Å².